The maximum atomic E-state index is 12.7. The number of nitrogens with zero attached hydrogens (tertiary/aromatic N) is 2. The first-order chi connectivity index (χ1) is 12.4. The van der Waals surface area contributed by atoms with Crippen LogP contribution in [0, 0.1) is 5.92 Å². The molecule has 9 heteroatoms. The molecule has 1 saturated heterocycles. The van der Waals surface area contributed by atoms with Crippen molar-refractivity contribution in [1.82, 2.24) is 9.88 Å². The highest BCUT2D eigenvalue weighted by molar-refractivity contribution is 7.16. The summed E-state index contributed by atoms with van der Waals surface area (Å²) >= 11 is 1.13. The average Bonchev–Trinajstić information content (AvgIpc) is 2.99. The Hall–Kier alpha value is -1.97. The largest absolute Gasteiger partial charge is 0.416 e. The van der Waals surface area contributed by atoms with Crippen LogP contribution in [0.3, 0.4) is 0 Å². The van der Waals surface area contributed by atoms with Crippen LogP contribution < -0.4 is 0 Å². The fourth-order valence-corrected chi connectivity index (χ4v) is 3.53. The van der Waals surface area contributed by atoms with Crippen LogP contribution in [0.1, 0.15) is 15.2 Å². The van der Waals surface area contributed by atoms with Crippen molar-refractivity contribution in [2.24, 2.45) is 5.92 Å². The van der Waals surface area contributed by atoms with E-state index < -0.39 is 11.7 Å². The minimum Gasteiger partial charge on any atom is -0.396 e. The molecule has 0 radical (unpaired) electrons. The van der Waals surface area contributed by atoms with Crippen LogP contribution in [0.2, 0.25) is 0 Å². The van der Waals surface area contributed by atoms with E-state index >= 15 is 0 Å². The summed E-state index contributed by atoms with van der Waals surface area (Å²) in [5.41, 5.74) is -0.205. The summed E-state index contributed by atoms with van der Waals surface area (Å²) in [4.78, 5) is 18.8. The third kappa shape index (κ3) is 4.22. The summed E-state index contributed by atoms with van der Waals surface area (Å²) < 4.78 is 43.3. The topological polar surface area (TPSA) is 62.7 Å². The molecule has 1 aromatic carbocycles. The number of benzene rings is 1. The summed E-state index contributed by atoms with van der Waals surface area (Å²) in [7, 11) is 0. The number of ether oxygens (including phenoxy) is 1. The van der Waals surface area contributed by atoms with Gasteiger partial charge in [-0.1, -0.05) is 12.1 Å². The Balaban J connectivity index is 1.75. The maximum Gasteiger partial charge on any atom is 0.416 e. The van der Waals surface area contributed by atoms with Crippen molar-refractivity contribution in [2.75, 3.05) is 32.9 Å². The third-order valence-electron chi connectivity index (χ3n) is 4.06. The van der Waals surface area contributed by atoms with Gasteiger partial charge in [0.25, 0.3) is 5.91 Å². The molecule has 2 heterocycles. The van der Waals surface area contributed by atoms with Crippen LogP contribution in [-0.2, 0) is 10.9 Å². The van der Waals surface area contributed by atoms with E-state index in [1.54, 1.807) is 4.90 Å². The number of hydrogen-bond donors (Lipinski definition) is 1. The number of halogens is 3. The van der Waals surface area contributed by atoms with Gasteiger partial charge in [-0.3, -0.25) is 4.79 Å². The van der Waals surface area contributed by atoms with Gasteiger partial charge in [0.05, 0.1) is 25.0 Å². The minimum atomic E-state index is -4.39. The SMILES string of the molecule is O=C(c1cnc(-c2ccc(C(F)(F)F)cc2)s1)N1CCOCC(CO)C1. The molecule has 1 atom stereocenters. The highest BCUT2D eigenvalue weighted by atomic mass is 32.1. The fraction of sp³-hybridized carbons (Fsp3) is 0.412. The van der Waals surface area contributed by atoms with Crippen molar-refractivity contribution in [2.45, 2.75) is 6.18 Å². The van der Waals surface area contributed by atoms with Gasteiger partial charge < -0.3 is 14.7 Å². The molecule has 1 unspecified atom stereocenters. The van der Waals surface area contributed by atoms with Gasteiger partial charge in [-0.25, -0.2) is 4.98 Å². The van der Waals surface area contributed by atoms with Crippen molar-refractivity contribution >= 4 is 17.2 Å². The number of alkyl halides is 3. The lowest BCUT2D eigenvalue weighted by atomic mass is 10.1. The number of thiazole rings is 1. The smallest absolute Gasteiger partial charge is 0.396 e. The number of aliphatic hydroxyl groups is 1. The first-order valence-corrected chi connectivity index (χ1v) is 8.81. The van der Waals surface area contributed by atoms with Crippen molar-refractivity contribution < 1.29 is 27.8 Å². The minimum absolute atomic E-state index is 0.0662. The second-order valence-electron chi connectivity index (χ2n) is 5.98. The van der Waals surface area contributed by atoms with Crippen LogP contribution in [0.5, 0.6) is 0 Å². The predicted octanol–water partition coefficient (Wildman–Crippen LogP) is 2.91. The molecule has 1 aromatic heterocycles. The van der Waals surface area contributed by atoms with Gasteiger partial charge in [-0.15, -0.1) is 11.3 Å². The zero-order valence-electron chi connectivity index (χ0n) is 13.7. The number of rotatable bonds is 3. The second kappa shape index (κ2) is 7.73. The van der Waals surface area contributed by atoms with E-state index in [9.17, 15) is 23.1 Å². The highest BCUT2D eigenvalue weighted by Gasteiger charge is 2.30. The van der Waals surface area contributed by atoms with Gasteiger partial charge in [0.2, 0.25) is 0 Å². The Morgan fingerprint density at radius 1 is 1.35 bits per heavy atom. The molecule has 1 N–H and O–H groups in total. The number of aromatic nitrogens is 1. The monoisotopic (exact) mass is 386 g/mol. The lowest BCUT2D eigenvalue weighted by Crippen LogP contribution is -2.36. The lowest BCUT2D eigenvalue weighted by Gasteiger charge is -2.21. The summed E-state index contributed by atoms with van der Waals surface area (Å²) in [6.45, 7) is 1.54. The van der Waals surface area contributed by atoms with E-state index in [1.807, 2.05) is 0 Å². The molecule has 5 nitrogen and oxygen atoms in total. The second-order valence-corrected chi connectivity index (χ2v) is 7.01. The number of aliphatic hydroxyl groups excluding tert-OH is 1. The number of carbonyl (C=O) groups is 1. The van der Waals surface area contributed by atoms with Gasteiger partial charge in [0.1, 0.15) is 9.88 Å². The summed E-state index contributed by atoms with van der Waals surface area (Å²) in [6, 6.07) is 4.68. The van der Waals surface area contributed by atoms with Crippen LogP contribution >= 0.6 is 11.3 Å². The Morgan fingerprint density at radius 2 is 2.08 bits per heavy atom. The van der Waals surface area contributed by atoms with Crippen molar-refractivity contribution in [3.63, 3.8) is 0 Å². The molecular weight excluding hydrogens is 369 g/mol. The number of hydrogen-bond acceptors (Lipinski definition) is 5. The van der Waals surface area contributed by atoms with E-state index in [0.29, 0.717) is 41.8 Å². The van der Waals surface area contributed by atoms with Gasteiger partial charge in [-0.05, 0) is 12.1 Å². The van der Waals surface area contributed by atoms with E-state index in [0.717, 1.165) is 23.5 Å². The van der Waals surface area contributed by atoms with Gasteiger partial charge in [0, 0.05) is 31.2 Å². The molecule has 1 amide bonds. The summed E-state index contributed by atoms with van der Waals surface area (Å²) in [5, 5.41) is 9.79. The van der Waals surface area contributed by atoms with E-state index in [1.165, 1.54) is 18.3 Å². The number of amides is 1. The molecule has 0 bridgehead atoms. The Labute approximate surface area is 152 Å². The molecule has 3 rings (SSSR count). The molecule has 0 aliphatic carbocycles. The first kappa shape index (κ1) is 18.8. The Kier molecular flexibility index (Phi) is 5.59. The molecular formula is C17H17F3N2O3S. The Morgan fingerprint density at radius 3 is 2.73 bits per heavy atom. The predicted molar refractivity (Wildman–Crippen MR) is 89.9 cm³/mol. The molecule has 0 saturated carbocycles. The highest BCUT2D eigenvalue weighted by Crippen LogP contribution is 2.32. The van der Waals surface area contributed by atoms with Gasteiger partial charge in [0.15, 0.2) is 0 Å². The van der Waals surface area contributed by atoms with Crippen molar-refractivity contribution in [3.8, 4) is 10.6 Å². The molecule has 1 fully saturated rings. The van der Waals surface area contributed by atoms with E-state index in [2.05, 4.69) is 4.98 Å². The third-order valence-corrected chi connectivity index (χ3v) is 5.09. The summed E-state index contributed by atoms with van der Waals surface area (Å²) in [6.07, 6.45) is -2.96. The molecule has 0 spiro atoms. The van der Waals surface area contributed by atoms with E-state index in [-0.39, 0.29) is 18.4 Å². The van der Waals surface area contributed by atoms with E-state index in [4.69, 9.17) is 4.74 Å². The average molecular weight is 386 g/mol. The van der Waals surface area contributed by atoms with Crippen LogP contribution in [0.15, 0.2) is 30.5 Å². The standard InChI is InChI=1S/C17H17F3N2O3S/c18-17(19,20)13-3-1-12(2-4-13)15-21-7-14(26-15)16(24)22-5-6-25-10-11(8-22)9-23/h1-4,7,11,23H,5-6,8-10H2. The first-order valence-electron chi connectivity index (χ1n) is 8.00. The normalized spacial score (nSPS) is 18.6. The van der Waals surface area contributed by atoms with Crippen LogP contribution in [0.4, 0.5) is 13.2 Å². The molecule has 2 aromatic rings. The van der Waals surface area contributed by atoms with Gasteiger partial charge in [-0.2, -0.15) is 13.2 Å². The molecule has 26 heavy (non-hydrogen) atoms. The summed E-state index contributed by atoms with van der Waals surface area (Å²) in [5.74, 6) is -0.353. The lowest BCUT2D eigenvalue weighted by molar-refractivity contribution is -0.137. The van der Waals surface area contributed by atoms with Crippen molar-refractivity contribution in [1.29, 1.82) is 0 Å². The quantitative estimate of drug-likeness (QED) is 0.881. The van der Waals surface area contributed by atoms with Crippen LogP contribution in [0.25, 0.3) is 10.6 Å². The zero-order valence-corrected chi connectivity index (χ0v) is 14.5. The molecule has 1 aliphatic heterocycles. The van der Waals surface area contributed by atoms with Crippen LogP contribution in [-0.4, -0.2) is 53.8 Å². The molecule has 1 aliphatic rings. The van der Waals surface area contributed by atoms with Crippen molar-refractivity contribution in [3.05, 3.63) is 40.9 Å². The fourth-order valence-electron chi connectivity index (χ4n) is 2.64. The molecule has 140 valence electrons. The van der Waals surface area contributed by atoms with Gasteiger partial charge >= 0.3 is 6.18 Å². The number of carbonyl (C=O) groups excluding carboxylic acids is 1. The Bertz CT molecular complexity index is 761. The maximum absolute atomic E-state index is 12.7. The zero-order chi connectivity index (χ0) is 18.7.